The molecule has 1 heterocycles. The van der Waals surface area contributed by atoms with E-state index in [1.54, 1.807) is 7.05 Å². The van der Waals surface area contributed by atoms with E-state index in [0.29, 0.717) is 6.42 Å². The SMILES string of the molecule is C=C(C)N=c1cc1-c1cnn(C(C)(C)C)c1.CCC(CC=O)[C@@H](C)OC(N)=NC. The minimum absolute atomic E-state index is 0.0271. The zero-order chi connectivity index (χ0) is 22.2. The topological polar surface area (TPSA) is 94.9 Å². The number of hydrogen-bond donors (Lipinski definition) is 1. The molecule has 2 aromatic rings. The molecule has 0 amide bonds. The van der Waals surface area contributed by atoms with E-state index in [0.717, 1.165) is 29.3 Å². The van der Waals surface area contributed by atoms with Crippen molar-refractivity contribution in [1.82, 2.24) is 9.78 Å². The van der Waals surface area contributed by atoms with E-state index < -0.39 is 0 Å². The Hall–Kier alpha value is -2.70. The third-order valence-electron chi connectivity index (χ3n) is 4.48. The fourth-order valence-electron chi connectivity index (χ4n) is 2.61. The van der Waals surface area contributed by atoms with Crippen LogP contribution in [0.1, 0.15) is 54.4 Å². The largest absolute Gasteiger partial charge is 0.462 e. The maximum absolute atomic E-state index is 10.3. The second-order valence-electron chi connectivity index (χ2n) is 8.09. The Bertz CT molecular complexity index is 847. The number of nitrogens with two attached hydrogens (primary N) is 1. The van der Waals surface area contributed by atoms with Crippen molar-refractivity contribution in [3.63, 3.8) is 0 Å². The first-order valence-corrected chi connectivity index (χ1v) is 9.87. The average Bonchev–Trinajstić information content (AvgIpc) is 3.19. The molecule has 0 radical (unpaired) electrons. The molecule has 1 aromatic heterocycles. The van der Waals surface area contributed by atoms with Crippen molar-refractivity contribution in [3.05, 3.63) is 36.1 Å². The molecule has 160 valence electrons. The lowest BCUT2D eigenvalue weighted by Gasteiger charge is -2.21. The molecule has 0 fully saturated rings. The average molecular weight is 402 g/mol. The van der Waals surface area contributed by atoms with E-state index in [-0.39, 0.29) is 23.6 Å². The van der Waals surface area contributed by atoms with Crippen LogP contribution in [-0.2, 0) is 15.1 Å². The summed E-state index contributed by atoms with van der Waals surface area (Å²) in [5.41, 5.74) is 8.58. The molecule has 2 rings (SSSR count). The molecule has 0 spiro atoms. The van der Waals surface area contributed by atoms with Crippen LogP contribution in [-0.4, -0.2) is 35.2 Å². The van der Waals surface area contributed by atoms with Crippen LogP contribution >= 0.6 is 0 Å². The van der Waals surface area contributed by atoms with Gasteiger partial charge in [0, 0.05) is 42.4 Å². The second kappa shape index (κ2) is 10.7. The molecule has 1 aromatic carbocycles. The molecule has 0 bridgehead atoms. The number of carbonyl (C=O) groups is 1. The number of rotatable bonds is 7. The van der Waals surface area contributed by atoms with Gasteiger partial charge < -0.3 is 15.3 Å². The zero-order valence-electron chi connectivity index (χ0n) is 18.8. The van der Waals surface area contributed by atoms with Gasteiger partial charge in [0.1, 0.15) is 12.4 Å². The van der Waals surface area contributed by atoms with Crippen molar-refractivity contribution in [1.29, 1.82) is 0 Å². The van der Waals surface area contributed by atoms with Crippen molar-refractivity contribution in [2.75, 3.05) is 7.05 Å². The lowest BCUT2D eigenvalue weighted by Crippen LogP contribution is -2.28. The Morgan fingerprint density at radius 1 is 1.45 bits per heavy atom. The number of aldehydes is 1. The first kappa shape index (κ1) is 24.3. The fraction of sp³-hybridized carbons (Fsp3) is 0.545. The Labute approximate surface area is 174 Å². The van der Waals surface area contributed by atoms with E-state index in [2.05, 4.69) is 54.7 Å². The van der Waals surface area contributed by atoms with Crippen molar-refractivity contribution >= 4 is 12.3 Å². The highest BCUT2D eigenvalue weighted by molar-refractivity contribution is 5.71. The van der Waals surface area contributed by atoms with Crippen LogP contribution in [0, 0.1) is 5.92 Å². The molecule has 29 heavy (non-hydrogen) atoms. The lowest BCUT2D eigenvalue weighted by atomic mass is 9.98. The number of aromatic nitrogens is 2. The van der Waals surface area contributed by atoms with E-state index in [4.69, 9.17) is 10.5 Å². The highest BCUT2D eigenvalue weighted by Gasteiger charge is 2.18. The number of nitrogens with zero attached hydrogens (tertiary/aromatic N) is 4. The van der Waals surface area contributed by atoms with Crippen LogP contribution in [0.25, 0.3) is 11.1 Å². The summed E-state index contributed by atoms with van der Waals surface area (Å²) in [5, 5.41) is 5.39. The maximum atomic E-state index is 10.3. The summed E-state index contributed by atoms with van der Waals surface area (Å²) in [7, 11) is 1.57. The van der Waals surface area contributed by atoms with E-state index in [9.17, 15) is 4.79 Å². The number of carbonyl (C=O) groups excluding carboxylic acids is 1. The lowest BCUT2D eigenvalue weighted by molar-refractivity contribution is -0.109. The minimum atomic E-state index is -0.0566. The molecule has 2 N–H and O–H groups in total. The Balaban J connectivity index is 0.000000298. The van der Waals surface area contributed by atoms with Crippen LogP contribution in [0.2, 0.25) is 0 Å². The quantitative estimate of drug-likeness (QED) is 0.436. The number of amidine groups is 1. The van der Waals surface area contributed by atoms with E-state index in [1.807, 2.05) is 31.6 Å². The van der Waals surface area contributed by atoms with E-state index >= 15 is 0 Å². The van der Waals surface area contributed by atoms with Gasteiger partial charge in [-0.2, -0.15) is 5.10 Å². The summed E-state index contributed by atoms with van der Waals surface area (Å²) in [6.45, 7) is 16.0. The first-order valence-electron chi connectivity index (χ1n) is 9.87. The zero-order valence-corrected chi connectivity index (χ0v) is 18.8. The summed E-state index contributed by atoms with van der Waals surface area (Å²) >= 11 is 0. The van der Waals surface area contributed by atoms with Gasteiger partial charge in [-0.1, -0.05) is 13.5 Å². The standard InChI is InChI=1S/C13H17N3.C9H18N2O2/c1-9(2)15-12-6-11(12)10-7-14-16(8-10)13(3,4)5;1-4-8(5-6-12)7(2)13-9(10)11-3/h6-8H,1H2,2-5H3;6-8H,4-5H2,1-3H3,(H2,10,11)/t;7-,8?/m.1/s1. The molecule has 0 aliphatic heterocycles. The van der Waals surface area contributed by atoms with E-state index in [1.165, 1.54) is 5.56 Å². The van der Waals surface area contributed by atoms with Crippen LogP contribution in [0.15, 0.2) is 40.7 Å². The molecule has 2 atom stereocenters. The number of allylic oxidation sites excluding steroid dienone is 1. The number of aliphatic imine (C=N–C) groups is 1. The third kappa shape index (κ3) is 8.05. The van der Waals surface area contributed by atoms with Crippen molar-refractivity contribution in [2.45, 2.75) is 66.0 Å². The summed E-state index contributed by atoms with van der Waals surface area (Å²) in [5.74, 6) is 0.220. The smallest absolute Gasteiger partial charge is 0.281 e. The summed E-state index contributed by atoms with van der Waals surface area (Å²) in [6, 6.07) is 2.23. The molecule has 0 aliphatic carbocycles. The Morgan fingerprint density at radius 3 is 2.55 bits per heavy atom. The normalized spacial score (nSPS) is 14.9. The van der Waals surface area contributed by atoms with Gasteiger partial charge in [0.05, 0.1) is 17.1 Å². The molecule has 0 aliphatic rings. The van der Waals surface area contributed by atoms with Gasteiger partial charge in [-0.05, 0) is 47.1 Å². The van der Waals surface area contributed by atoms with Gasteiger partial charge in [0.15, 0.2) is 0 Å². The Kier molecular flexibility index (Phi) is 9.01. The molecule has 1 unspecified atom stereocenters. The third-order valence-corrected chi connectivity index (χ3v) is 4.48. The van der Waals surface area contributed by atoms with Gasteiger partial charge in [0.25, 0.3) is 6.02 Å². The van der Waals surface area contributed by atoms with Crippen molar-refractivity contribution in [3.8, 4) is 11.1 Å². The minimum Gasteiger partial charge on any atom is -0.462 e. The predicted molar refractivity (Wildman–Crippen MR) is 118 cm³/mol. The molecular weight excluding hydrogens is 366 g/mol. The maximum Gasteiger partial charge on any atom is 0.281 e. The van der Waals surface area contributed by atoms with Crippen LogP contribution in [0.5, 0.6) is 0 Å². The molecule has 0 saturated heterocycles. The van der Waals surface area contributed by atoms with Gasteiger partial charge in [-0.15, -0.1) is 0 Å². The van der Waals surface area contributed by atoms with Crippen LogP contribution in [0.3, 0.4) is 0 Å². The van der Waals surface area contributed by atoms with Gasteiger partial charge >= 0.3 is 0 Å². The van der Waals surface area contributed by atoms with Crippen molar-refractivity contribution in [2.24, 2.45) is 21.6 Å². The molecule has 0 saturated carbocycles. The first-order chi connectivity index (χ1) is 13.5. The molecule has 7 nitrogen and oxygen atoms in total. The van der Waals surface area contributed by atoms with Crippen LogP contribution in [0.4, 0.5) is 0 Å². The highest BCUT2D eigenvalue weighted by atomic mass is 16.5. The summed E-state index contributed by atoms with van der Waals surface area (Å²) < 4.78 is 7.25. The Morgan fingerprint density at radius 2 is 2.10 bits per heavy atom. The summed E-state index contributed by atoms with van der Waals surface area (Å²) in [6.07, 6.45) is 6.21. The molecule has 7 heteroatoms. The highest BCUT2D eigenvalue weighted by Crippen LogP contribution is 2.22. The van der Waals surface area contributed by atoms with Gasteiger partial charge in [-0.25, -0.2) is 4.99 Å². The monoisotopic (exact) mass is 401 g/mol. The fourth-order valence-corrected chi connectivity index (χ4v) is 2.61. The van der Waals surface area contributed by atoms with Crippen molar-refractivity contribution < 1.29 is 9.53 Å². The number of hydrogen-bond acceptors (Lipinski definition) is 5. The second-order valence-corrected chi connectivity index (χ2v) is 8.09. The van der Waals surface area contributed by atoms with Gasteiger partial charge in [0.2, 0.25) is 0 Å². The van der Waals surface area contributed by atoms with Gasteiger partial charge in [-0.3, -0.25) is 9.67 Å². The van der Waals surface area contributed by atoms with Crippen LogP contribution < -0.4 is 11.1 Å². The predicted octanol–water partition coefficient (Wildman–Crippen LogP) is 3.57. The number of ether oxygens (including phenoxy) is 1. The summed E-state index contributed by atoms with van der Waals surface area (Å²) in [4.78, 5) is 18.3. The molecular formula is C22H35N5O2.